The highest BCUT2D eigenvalue weighted by Crippen LogP contribution is 2.26. The van der Waals surface area contributed by atoms with Gasteiger partial charge in [-0.05, 0) is 37.3 Å². The minimum atomic E-state index is 0.0462. The van der Waals surface area contributed by atoms with E-state index in [9.17, 15) is 9.59 Å². The van der Waals surface area contributed by atoms with Gasteiger partial charge in [0, 0.05) is 57.3 Å². The summed E-state index contributed by atoms with van der Waals surface area (Å²) in [7, 11) is 0. The number of piperidine rings is 1. The molecule has 0 N–H and O–H groups in total. The van der Waals surface area contributed by atoms with Crippen molar-refractivity contribution in [3.63, 3.8) is 0 Å². The Morgan fingerprint density at radius 2 is 1.45 bits per heavy atom. The first-order valence-corrected chi connectivity index (χ1v) is 11.3. The molecule has 2 heterocycles. The number of hydrogen-bond donors (Lipinski definition) is 0. The third kappa shape index (κ3) is 5.08. The van der Waals surface area contributed by atoms with Crippen LogP contribution in [-0.2, 0) is 9.59 Å². The van der Waals surface area contributed by atoms with E-state index in [4.69, 9.17) is 0 Å². The van der Waals surface area contributed by atoms with Crippen LogP contribution in [0.5, 0.6) is 0 Å². The van der Waals surface area contributed by atoms with Crippen molar-refractivity contribution in [3.05, 3.63) is 42.0 Å². The van der Waals surface area contributed by atoms with Gasteiger partial charge in [0.1, 0.15) is 0 Å². The molecule has 3 fully saturated rings. The van der Waals surface area contributed by atoms with E-state index in [1.54, 1.807) is 6.08 Å². The number of hydrogen-bond acceptors (Lipinski definition) is 3. The molecule has 0 spiro atoms. The van der Waals surface area contributed by atoms with Crippen molar-refractivity contribution in [1.82, 2.24) is 14.7 Å². The molecule has 156 valence electrons. The van der Waals surface area contributed by atoms with E-state index in [1.165, 1.54) is 25.7 Å². The fourth-order valence-electron chi connectivity index (χ4n) is 5.02. The number of likely N-dealkylation sites (tertiary alicyclic amines) is 1. The van der Waals surface area contributed by atoms with Crippen LogP contribution in [0, 0.1) is 5.92 Å². The van der Waals surface area contributed by atoms with Crippen molar-refractivity contribution in [2.45, 2.75) is 44.6 Å². The van der Waals surface area contributed by atoms with Crippen molar-refractivity contribution < 1.29 is 9.59 Å². The molecule has 1 saturated carbocycles. The zero-order valence-electron chi connectivity index (χ0n) is 17.3. The first-order chi connectivity index (χ1) is 14.2. The normalized spacial score (nSPS) is 22.5. The van der Waals surface area contributed by atoms with Gasteiger partial charge >= 0.3 is 0 Å². The summed E-state index contributed by atoms with van der Waals surface area (Å²) < 4.78 is 0. The monoisotopic (exact) mass is 395 g/mol. The Labute approximate surface area is 174 Å². The smallest absolute Gasteiger partial charge is 0.246 e. The van der Waals surface area contributed by atoms with Gasteiger partial charge in [0.05, 0.1) is 0 Å². The van der Waals surface area contributed by atoms with Gasteiger partial charge in [-0.3, -0.25) is 14.5 Å². The van der Waals surface area contributed by atoms with Crippen molar-refractivity contribution in [2.75, 3.05) is 39.3 Å². The zero-order valence-corrected chi connectivity index (χ0v) is 17.3. The lowest BCUT2D eigenvalue weighted by atomic mass is 9.94. The van der Waals surface area contributed by atoms with Crippen LogP contribution in [0.3, 0.4) is 0 Å². The topological polar surface area (TPSA) is 43.9 Å². The second-order valence-corrected chi connectivity index (χ2v) is 8.64. The Morgan fingerprint density at radius 3 is 2.10 bits per heavy atom. The second-order valence-electron chi connectivity index (χ2n) is 8.64. The van der Waals surface area contributed by atoms with Gasteiger partial charge < -0.3 is 9.80 Å². The molecule has 29 heavy (non-hydrogen) atoms. The van der Waals surface area contributed by atoms with Gasteiger partial charge in [-0.2, -0.15) is 0 Å². The Hall–Kier alpha value is -2.14. The number of amides is 2. The van der Waals surface area contributed by atoms with Crippen LogP contribution in [0.25, 0.3) is 6.08 Å². The van der Waals surface area contributed by atoms with E-state index in [1.807, 2.05) is 41.3 Å². The molecule has 2 aliphatic heterocycles. The number of nitrogens with zero attached hydrogens (tertiary/aromatic N) is 3. The fourth-order valence-corrected chi connectivity index (χ4v) is 5.02. The molecule has 3 aliphatic rings. The number of carbonyl (C=O) groups is 2. The summed E-state index contributed by atoms with van der Waals surface area (Å²) in [5.74, 6) is 0.433. The molecular formula is C24H33N3O2. The second kappa shape index (κ2) is 9.57. The highest BCUT2D eigenvalue weighted by Gasteiger charge is 2.33. The van der Waals surface area contributed by atoms with Crippen LogP contribution in [0.15, 0.2) is 36.4 Å². The van der Waals surface area contributed by atoms with Crippen LogP contribution < -0.4 is 0 Å². The van der Waals surface area contributed by atoms with E-state index < -0.39 is 0 Å². The van der Waals surface area contributed by atoms with Crippen LogP contribution >= 0.6 is 0 Å². The summed E-state index contributed by atoms with van der Waals surface area (Å²) in [5.41, 5.74) is 1.03. The molecule has 0 bridgehead atoms. The number of piperazine rings is 1. The lowest BCUT2D eigenvalue weighted by molar-refractivity contribution is -0.141. The maximum Gasteiger partial charge on any atom is 0.246 e. The molecule has 5 nitrogen and oxygen atoms in total. The molecule has 4 rings (SSSR count). The van der Waals surface area contributed by atoms with Crippen LogP contribution in [-0.4, -0.2) is 71.8 Å². The molecule has 1 aliphatic carbocycles. The van der Waals surface area contributed by atoms with Gasteiger partial charge in [0.2, 0.25) is 11.8 Å². The highest BCUT2D eigenvalue weighted by molar-refractivity contribution is 5.92. The third-order valence-corrected chi connectivity index (χ3v) is 6.84. The van der Waals surface area contributed by atoms with Gasteiger partial charge in [-0.1, -0.05) is 43.2 Å². The van der Waals surface area contributed by atoms with Gasteiger partial charge in [-0.25, -0.2) is 0 Å². The van der Waals surface area contributed by atoms with E-state index in [0.717, 1.165) is 50.6 Å². The van der Waals surface area contributed by atoms with Crippen LogP contribution in [0.2, 0.25) is 0 Å². The first kappa shape index (κ1) is 20.1. The van der Waals surface area contributed by atoms with Crippen molar-refractivity contribution in [1.29, 1.82) is 0 Å². The Kier molecular flexibility index (Phi) is 6.65. The third-order valence-electron chi connectivity index (χ3n) is 6.84. The van der Waals surface area contributed by atoms with Crippen LogP contribution in [0.1, 0.15) is 44.1 Å². The van der Waals surface area contributed by atoms with E-state index in [0.29, 0.717) is 19.0 Å². The number of benzene rings is 1. The molecule has 0 radical (unpaired) electrons. The maximum absolute atomic E-state index is 13.0. The molecule has 2 saturated heterocycles. The molecular weight excluding hydrogens is 362 g/mol. The number of carbonyl (C=O) groups excluding carboxylic acids is 2. The Bertz CT molecular complexity index is 711. The Balaban J connectivity index is 1.21. The van der Waals surface area contributed by atoms with E-state index in [2.05, 4.69) is 9.80 Å². The van der Waals surface area contributed by atoms with Gasteiger partial charge in [-0.15, -0.1) is 0 Å². The average molecular weight is 396 g/mol. The molecule has 0 aromatic heterocycles. The summed E-state index contributed by atoms with van der Waals surface area (Å²) in [6, 6.07) is 10.6. The summed E-state index contributed by atoms with van der Waals surface area (Å²) >= 11 is 0. The van der Waals surface area contributed by atoms with Crippen molar-refractivity contribution in [3.8, 4) is 0 Å². The summed E-state index contributed by atoms with van der Waals surface area (Å²) in [6.07, 6.45) is 10.5. The number of rotatable bonds is 4. The summed E-state index contributed by atoms with van der Waals surface area (Å²) in [5, 5.41) is 0. The minimum Gasteiger partial charge on any atom is -0.340 e. The zero-order chi connectivity index (χ0) is 20.1. The summed E-state index contributed by atoms with van der Waals surface area (Å²) in [6.45, 7) is 5.14. The van der Waals surface area contributed by atoms with Crippen LogP contribution in [0.4, 0.5) is 0 Å². The van der Waals surface area contributed by atoms with Crippen molar-refractivity contribution >= 4 is 17.9 Å². The SMILES string of the molecule is O=C(/C=C/c1ccccc1)N1CCC(C(=O)N2CCN(C3CCCC3)CC2)CC1. The molecule has 2 amide bonds. The van der Waals surface area contributed by atoms with Gasteiger partial charge in [0.15, 0.2) is 0 Å². The molecule has 0 unspecified atom stereocenters. The molecule has 0 atom stereocenters. The molecule has 1 aromatic carbocycles. The predicted octanol–water partition coefficient (Wildman–Crippen LogP) is 3.03. The van der Waals surface area contributed by atoms with E-state index >= 15 is 0 Å². The average Bonchev–Trinajstić information content (AvgIpc) is 3.33. The fraction of sp³-hybridized carbons (Fsp3) is 0.583. The lowest BCUT2D eigenvalue weighted by Crippen LogP contribution is -2.53. The quantitative estimate of drug-likeness (QED) is 0.736. The minimum absolute atomic E-state index is 0.0462. The first-order valence-electron chi connectivity index (χ1n) is 11.3. The van der Waals surface area contributed by atoms with Crippen molar-refractivity contribution in [2.24, 2.45) is 5.92 Å². The molecule has 1 aromatic rings. The lowest BCUT2D eigenvalue weighted by Gasteiger charge is -2.40. The van der Waals surface area contributed by atoms with E-state index in [-0.39, 0.29) is 11.8 Å². The largest absolute Gasteiger partial charge is 0.340 e. The maximum atomic E-state index is 13.0. The standard InChI is InChI=1S/C24H33N3O2/c28-23(11-10-20-6-2-1-3-7-20)26-14-12-21(13-15-26)24(29)27-18-16-25(17-19-27)22-8-4-5-9-22/h1-3,6-7,10-11,21-22H,4-5,8-9,12-19H2/b11-10+. The highest BCUT2D eigenvalue weighted by atomic mass is 16.2. The Morgan fingerprint density at radius 1 is 0.793 bits per heavy atom. The summed E-state index contributed by atoms with van der Waals surface area (Å²) in [4.78, 5) is 32.0. The predicted molar refractivity (Wildman–Crippen MR) is 115 cm³/mol. The molecule has 5 heteroatoms. The van der Waals surface area contributed by atoms with Gasteiger partial charge in [0.25, 0.3) is 0 Å².